The number of anilines is 1. The maximum Gasteiger partial charge on any atom is 0.239 e. The molecule has 2 amide bonds. The summed E-state index contributed by atoms with van der Waals surface area (Å²) in [5.41, 5.74) is 1.87. The SMILES string of the molecule is C[C@@]12C[C@@H](c3ccccc3O1)[C@@H](C(=O)Nc1nc(-c3ccccc3)cs1)C(=O)N2. The number of thiazole rings is 1. The molecule has 2 aromatic carbocycles. The fourth-order valence-corrected chi connectivity index (χ4v) is 4.87. The molecule has 2 aliphatic heterocycles. The second kappa shape index (κ2) is 6.70. The zero-order chi connectivity index (χ0) is 20.0. The van der Waals surface area contributed by atoms with Gasteiger partial charge in [-0.15, -0.1) is 11.3 Å². The van der Waals surface area contributed by atoms with Crippen molar-refractivity contribution in [3.8, 4) is 17.0 Å². The van der Waals surface area contributed by atoms with Crippen molar-refractivity contribution in [1.29, 1.82) is 0 Å². The van der Waals surface area contributed by atoms with Gasteiger partial charge in [-0.3, -0.25) is 9.59 Å². The molecule has 146 valence electrons. The Balaban J connectivity index is 1.42. The van der Waals surface area contributed by atoms with Crippen LogP contribution < -0.4 is 15.4 Å². The van der Waals surface area contributed by atoms with E-state index in [1.54, 1.807) is 0 Å². The van der Waals surface area contributed by atoms with Gasteiger partial charge in [0, 0.05) is 23.3 Å². The molecule has 0 aliphatic carbocycles. The van der Waals surface area contributed by atoms with E-state index in [1.165, 1.54) is 11.3 Å². The van der Waals surface area contributed by atoms with Gasteiger partial charge in [-0.1, -0.05) is 48.5 Å². The van der Waals surface area contributed by atoms with Crippen LogP contribution in [0.4, 0.5) is 5.13 Å². The van der Waals surface area contributed by atoms with Crippen LogP contribution in [-0.2, 0) is 9.59 Å². The Labute approximate surface area is 171 Å². The molecule has 1 saturated heterocycles. The van der Waals surface area contributed by atoms with Crippen molar-refractivity contribution in [2.75, 3.05) is 5.32 Å². The third kappa shape index (κ3) is 3.17. The first-order valence-electron chi connectivity index (χ1n) is 9.44. The number of hydrogen-bond acceptors (Lipinski definition) is 5. The molecule has 0 radical (unpaired) electrons. The van der Waals surface area contributed by atoms with Crippen LogP contribution in [-0.4, -0.2) is 22.5 Å². The summed E-state index contributed by atoms with van der Waals surface area (Å²) in [5.74, 6) is -1.04. The summed E-state index contributed by atoms with van der Waals surface area (Å²) in [6.07, 6.45) is 0.543. The largest absolute Gasteiger partial charge is 0.468 e. The van der Waals surface area contributed by atoms with E-state index in [2.05, 4.69) is 15.6 Å². The number of carbonyl (C=O) groups is 2. The lowest BCUT2D eigenvalue weighted by atomic mass is 9.74. The van der Waals surface area contributed by atoms with E-state index in [9.17, 15) is 9.59 Å². The Morgan fingerprint density at radius 2 is 1.97 bits per heavy atom. The molecule has 2 N–H and O–H groups in total. The molecule has 7 heteroatoms. The number of aromatic nitrogens is 1. The highest BCUT2D eigenvalue weighted by Gasteiger charge is 2.51. The summed E-state index contributed by atoms with van der Waals surface area (Å²) in [6.45, 7) is 1.84. The zero-order valence-corrected chi connectivity index (χ0v) is 16.5. The standard InChI is InChI=1S/C22H19N3O3S/c1-22-11-15(14-9-5-6-10-17(14)28-22)18(20(27)25-22)19(26)24-21-23-16(12-29-21)13-7-3-2-4-8-13/h2-10,12,15,18H,11H2,1H3,(H,25,27)(H,23,24,26)/t15-,18-,22-/m0/s1. The van der Waals surface area contributed by atoms with Gasteiger partial charge in [-0.05, 0) is 18.6 Å². The zero-order valence-electron chi connectivity index (χ0n) is 15.7. The Bertz CT molecular complexity index is 1100. The van der Waals surface area contributed by atoms with Crippen LogP contribution in [0.15, 0.2) is 60.0 Å². The van der Waals surface area contributed by atoms with Crippen LogP contribution in [0.25, 0.3) is 11.3 Å². The molecule has 6 nitrogen and oxygen atoms in total. The minimum Gasteiger partial charge on any atom is -0.468 e. The van der Waals surface area contributed by atoms with Gasteiger partial charge in [0.05, 0.1) is 5.69 Å². The van der Waals surface area contributed by atoms with Gasteiger partial charge >= 0.3 is 0 Å². The van der Waals surface area contributed by atoms with Crippen LogP contribution in [0.1, 0.15) is 24.8 Å². The molecule has 0 saturated carbocycles. The van der Waals surface area contributed by atoms with Crippen molar-refractivity contribution in [1.82, 2.24) is 10.3 Å². The lowest BCUT2D eigenvalue weighted by molar-refractivity contribution is -0.145. The predicted octanol–water partition coefficient (Wildman–Crippen LogP) is 3.78. The fraction of sp³-hybridized carbons (Fsp3) is 0.227. The molecular weight excluding hydrogens is 386 g/mol. The maximum absolute atomic E-state index is 13.1. The van der Waals surface area contributed by atoms with Gasteiger partial charge in [-0.2, -0.15) is 0 Å². The number of carbonyl (C=O) groups excluding carboxylic acids is 2. The molecular formula is C22H19N3O3S. The number of rotatable bonds is 3. The number of nitrogens with one attached hydrogen (secondary N) is 2. The summed E-state index contributed by atoms with van der Waals surface area (Å²) >= 11 is 1.35. The number of hydrogen-bond donors (Lipinski definition) is 2. The molecule has 5 rings (SSSR count). The highest BCUT2D eigenvalue weighted by molar-refractivity contribution is 7.14. The highest BCUT2D eigenvalue weighted by Crippen LogP contribution is 2.46. The van der Waals surface area contributed by atoms with E-state index in [0.717, 1.165) is 16.8 Å². The second-order valence-corrected chi connectivity index (χ2v) is 8.40. The summed E-state index contributed by atoms with van der Waals surface area (Å²) in [5, 5.41) is 8.10. The van der Waals surface area contributed by atoms with E-state index >= 15 is 0 Å². The first kappa shape index (κ1) is 17.9. The van der Waals surface area contributed by atoms with Gasteiger partial charge < -0.3 is 15.4 Å². The lowest BCUT2D eigenvalue weighted by Gasteiger charge is -2.46. The number of fused-ring (bicyclic) bond motifs is 4. The maximum atomic E-state index is 13.1. The fourth-order valence-electron chi connectivity index (χ4n) is 4.15. The van der Waals surface area contributed by atoms with E-state index in [1.807, 2.05) is 66.9 Å². The number of nitrogens with zero attached hydrogens (tertiary/aromatic N) is 1. The molecule has 3 heterocycles. The van der Waals surface area contributed by atoms with E-state index in [0.29, 0.717) is 17.3 Å². The number of amides is 2. The van der Waals surface area contributed by atoms with Crippen molar-refractivity contribution in [2.45, 2.75) is 25.0 Å². The first-order chi connectivity index (χ1) is 14.0. The van der Waals surface area contributed by atoms with Gasteiger partial charge in [0.15, 0.2) is 10.9 Å². The van der Waals surface area contributed by atoms with E-state index in [-0.39, 0.29) is 17.7 Å². The van der Waals surface area contributed by atoms with Crippen molar-refractivity contribution < 1.29 is 14.3 Å². The van der Waals surface area contributed by atoms with E-state index < -0.39 is 11.6 Å². The van der Waals surface area contributed by atoms with Crippen molar-refractivity contribution in [3.63, 3.8) is 0 Å². The number of piperidine rings is 1. The quantitative estimate of drug-likeness (QED) is 0.650. The summed E-state index contributed by atoms with van der Waals surface area (Å²) in [4.78, 5) is 30.4. The number of benzene rings is 2. The molecule has 2 bridgehead atoms. The van der Waals surface area contributed by atoms with Crippen molar-refractivity contribution >= 4 is 28.3 Å². The van der Waals surface area contributed by atoms with Crippen molar-refractivity contribution in [2.24, 2.45) is 5.92 Å². The Hall–Kier alpha value is -3.19. The highest BCUT2D eigenvalue weighted by atomic mass is 32.1. The van der Waals surface area contributed by atoms with Gasteiger partial charge in [0.2, 0.25) is 11.8 Å². The number of ether oxygens (including phenoxy) is 1. The third-order valence-electron chi connectivity index (χ3n) is 5.42. The summed E-state index contributed by atoms with van der Waals surface area (Å²) in [6, 6.07) is 17.4. The predicted molar refractivity (Wildman–Crippen MR) is 111 cm³/mol. The molecule has 2 aliphatic rings. The van der Waals surface area contributed by atoms with Crippen LogP contribution in [0.3, 0.4) is 0 Å². The average Bonchev–Trinajstić information content (AvgIpc) is 3.16. The second-order valence-electron chi connectivity index (χ2n) is 7.54. The summed E-state index contributed by atoms with van der Waals surface area (Å²) in [7, 11) is 0. The van der Waals surface area contributed by atoms with Crippen molar-refractivity contribution in [3.05, 3.63) is 65.5 Å². The van der Waals surface area contributed by atoms with E-state index in [4.69, 9.17) is 4.74 Å². The monoisotopic (exact) mass is 405 g/mol. The minimum atomic E-state index is -0.836. The van der Waals surface area contributed by atoms with Gasteiger partial charge in [0.25, 0.3) is 0 Å². The van der Waals surface area contributed by atoms with Crippen LogP contribution in [0.2, 0.25) is 0 Å². The first-order valence-corrected chi connectivity index (χ1v) is 10.3. The van der Waals surface area contributed by atoms with Gasteiger partial charge in [0.1, 0.15) is 11.7 Å². The molecule has 3 atom stereocenters. The molecule has 1 fully saturated rings. The van der Waals surface area contributed by atoms with Crippen LogP contribution in [0, 0.1) is 5.92 Å². The molecule has 0 spiro atoms. The molecule has 0 unspecified atom stereocenters. The molecule has 1 aromatic heterocycles. The van der Waals surface area contributed by atoms with Crippen LogP contribution >= 0.6 is 11.3 Å². The number of para-hydroxylation sites is 1. The molecule has 3 aromatic rings. The Kier molecular flexibility index (Phi) is 4.13. The topological polar surface area (TPSA) is 80.3 Å². The lowest BCUT2D eigenvalue weighted by Crippen LogP contribution is -2.62. The Morgan fingerprint density at radius 1 is 1.21 bits per heavy atom. The van der Waals surface area contributed by atoms with Gasteiger partial charge in [-0.25, -0.2) is 4.98 Å². The third-order valence-corrected chi connectivity index (χ3v) is 6.18. The summed E-state index contributed by atoms with van der Waals surface area (Å²) < 4.78 is 5.99. The van der Waals surface area contributed by atoms with Crippen LogP contribution in [0.5, 0.6) is 5.75 Å². The normalized spacial score (nSPS) is 24.8. The smallest absolute Gasteiger partial charge is 0.239 e. The minimum absolute atomic E-state index is 0.243. The molecule has 29 heavy (non-hydrogen) atoms. The Morgan fingerprint density at radius 3 is 2.79 bits per heavy atom. The average molecular weight is 405 g/mol.